The molecule has 2 aromatic carbocycles. The quantitative estimate of drug-likeness (QED) is 0.765. The van der Waals surface area contributed by atoms with Gasteiger partial charge in [0.1, 0.15) is 0 Å². The van der Waals surface area contributed by atoms with E-state index in [1.54, 1.807) is 30.3 Å². The SMILES string of the molecule is O=S(=O)(c1ccccc1)[C@H]1C[C@@H]2CN(CSc3ccc(O)c(F)c3)C[C@@H]2C1. The monoisotopic (exact) mass is 407 g/mol. The molecular formula is C20H22FNO3S2. The second kappa shape index (κ2) is 7.45. The fraction of sp³-hybridized carbons (Fsp3) is 0.400. The number of thioether (sulfide) groups is 1. The molecule has 2 aromatic rings. The summed E-state index contributed by atoms with van der Waals surface area (Å²) in [5, 5.41) is 8.98. The van der Waals surface area contributed by atoms with Gasteiger partial charge in [-0.05, 0) is 55.0 Å². The van der Waals surface area contributed by atoms with Gasteiger partial charge in [-0.3, -0.25) is 4.90 Å². The van der Waals surface area contributed by atoms with Gasteiger partial charge in [0.25, 0.3) is 0 Å². The summed E-state index contributed by atoms with van der Waals surface area (Å²) in [6, 6.07) is 13.2. The third-order valence-corrected chi connectivity index (χ3v) is 8.90. The number of rotatable bonds is 5. The molecule has 27 heavy (non-hydrogen) atoms. The van der Waals surface area contributed by atoms with Crippen LogP contribution < -0.4 is 0 Å². The molecular weight excluding hydrogens is 385 g/mol. The second-order valence-corrected chi connectivity index (χ2v) is 10.6. The van der Waals surface area contributed by atoms with Crippen LogP contribution in [0.2, 0.25) is 0 Å². The van der Waals surface area contributed by atoms with Crippen LogP contribution in [0.15, 0.2) is 58.3 Å². The van der Waals surface area contributed by atoms with Gasteiger partial charge >= 0.3 is 0 Å². The van der Waals surface area contributed by atoms with Gasteiger partial charge in [-0.2, -0.15) is 0 Å². The van der Waals surface area contributed by atoms with Gasteiger partial charge in [0.2, 0.25) is 0 Å². The van der Waals surface area contributed by atoms with E-state index in [4.69, 9.17) is 0 Å². The molecule has 2 aliphatic rings. The molecule has 0 amide bonds. The maximum atomic E-state index is 13.4. The number of aromatic hydroxyl groups is 1. The predicted octanol–water partition coefficient (Wildman–Crippen LogP) is 3.77. The summed E-state index contributed by atoms with van der Waals surface area (Å²) in [5.74, 6) is 0.622. The third-order valence-electron chi connectivity index (χ3n) is 5.63. The molecule has 0 bridgehead atoms. The molecule has 7 heteroatoms. The number of benzene rings is 2. The summed E-state index contributed by atoms with van der Waals surface area (Å²) in [5.41, 5.74) is 0. The average molecular weight is 408 g/mol. The van der Waals surface area contributed by atoms with E-state index in [1.807, 2.05) is 6.07 Å². The van der Waals surface area contributed by atoms with Crippen LogP contribution in [-0.4, -0.2) is 42.6 Å². The van der Waals surface area contributed by atoms with Crippen LogP contribution in [0.5, 0.6) is 5.75 Å². The van der Waals surface area contributed by atoms with Crippen LogP contribution in [-0.2, 0) is 9.84 Å². The lowest BCUT2D eigenvalue weighted by Crippen LogP contribution is -2.25. The van der Waals surface area contributed by atoms with Crippen molar-refractivity contribution in [3.8, 4) is 5.75 Å². The average Bonchev–Trinajstić information content (AvgIpc) is 3.23. The van der Waals surface area contributed by atoms with E-state index < -0.39 is 15.7 Å². The van der Waals surface area contributed by atoms with Gasteiger partial charge in [-0.25, -0.2) is 12.8 Å². The fourth-order valence-electron chi connectivity index (χ4n) is 4.25. The van der Waals surface area contributed by atoms with Crippen LogP contribution in [0.4, 0.5) is 4.39 Å². The molecule has 4 rings (SSSR count). The number of phenolic OH excluding ortho intramolecular Hbond substituents is 1. The molecule has 1 saturated heterocycles. The minimum Gasteiger partial charge on any atom is -0.505 e. The first-order chi connectivity index (χ1) is 12.9. The lowest BCUT2D eigenvalue weighted by atomic mass is 10.0. The second-order valence-electron chi connectivity index (χ2n) is 7.39. The molecule has 0 radical (unpaired) electrons. The number of fused-ring (bicyclic) bond motifs is 1. The van der Waals surface area contributed by atoms with E-state index >= 15 is 0 Å². The van der Waals surface area contributed by atoms with Gasteiger partial charge in [0.15, 0.2) is 21.4 Å². The largest absolute Gasteiger partial charge is 0.505 e. The van der Waals surface area contributed by atoms with Crippen molar-refractivity contribution in [2.45, 2.75) is 27.9 Å². The highest BCUT2D eigenvalue weighted by Crippen LogP contribution is 2.43. The van der Waals surface area contributed by atoms with Crippen molar-refractivity contribution in [2.24, 2.45) is 11.8 Å². The number of hydrogen-bond donors (Lipinski definition) is 1. The summed E-state index contributed by atoms with van der Waals surface area (Å²) in [6.45, 7) is 1.78. The molecule has 1 saturated carbocycles. The number of likely N-dealkylation sites (tertiary alicyclic amines) is 1. The van der Waals surface area contributed by atoms with Gasteiger partial charge in [-0.1, -0.05) is 18.2 Å². The first kappa shape index (κ1) is 18.8. The molecule has 4 nitrogen and oxygen atoms in total. The topological polar surface area (TPSA) is 57.6 Å². The molecule has 3 atom stereocenters. The van der Waals surface area contributed by atoms with Crippen molar-refractivity contribution in [1.82, 2.24) is 4.90 Å². The highest BCUT2D eigenvalue weighted by atomic mass is 32.2. The number of halogens is 1. The molecule has 0 unspecified atom stereocenters. The Kier molecular flexibility index (Phi) is 5.18. The van der Waals surface area contributed by atoms with Gasteiger partial charge < -0.3 is 5.11 Å². The molecule has 1 heterocycles. The summed E-state index contributed by atoms with van der Waals surface area (Å²) in [7, 11) is -3.25. The standard InChI is InChI=1S/C20H22FNO3S2/c21-19-10-16(6-7-20(19)23)26-13-22-11-14-8-18(9-15(14)12-22)27(24,25)17-4-2-1-3-5-17/h1-7,10,14-15,18,23H,8-9,11-13H2/t14-,15+,18+. The first-order valence-electron chi connectivity index (χ1n) is 9.06. The van der Waals surface area contributed by atoms with Crippen LogP contribution in [0.3, 0.4) is 0 Å². The molecule has 2 fully saturated rings. The van der Waals surface area contributed by atoms with Crippen molar-refractivity contribution in [1.29, 1.82) is 0 Å². The Labute approximate surface area is 163 Å². The Morgan fingerprint density at radius 3 is 2.37 bits per heavy atom. The molecule has 0 spiro atoms. The number of hydrogen-bond acceptors (Lipinski definition) is 5. The lowest BCUT2D eigenvalue weighted by Gasteiger charge is -2.19. The first-order valence-corrected chi connectivity index (χ1v) is 11.6. The van der Waals surface area contributed by atoms with Crippen molar-refractivity contribution in [3.63, 3.8) is 0 Å². The highest BCUT2D eigenvalue weighted by Gasteiger charge is 2.45. The zero-order valence-corrected chi connectivity index (χ0v) is 16.4. The maximum absolute atomic E-state index is 13.4. The van der Waals surface area contributed by atoms with Crippen molar-refractivity contribution >= 4 is 21.6 Å². The molecule has 1 aliphatic heterocycles. The van der Waals surface area contributed by atoms with Crippen LogP contribution >= 0.6 is 11.8 Å². The van der Waals surface area contributed by atoms with Gasteiger partial charge in [0.05, 0.1) is 10.1 Å². The van der Waals surface area contributed by atoms with E-state index in [0.717, 1.165) is 36.7 Å². The number of phenols is 1. The van der Waals surface area contributed by atoms with E-state index in [-0.39, 0.29) is 11.0 Å². The molecule has 1 aliphatic carbocycles. The summed E-state index contributed by atoms with van der Waals surface area (Å²) >= 11 is 1.54. The predicted molar refractivity (Wildman–Crippen MR) is 104 cm³/mol. The Hall–Kier alpha value is -1.57. The number of sulfone groups is 1. The fourth-order valence-corrected chi connectivity index (χ4v) is 7.06. The lowest BCUT2D eigenvalue weighted by molar-refractivity contribution is 0.364. The Morgan fingerprint density at radius 1 is 1.07 bits per heavy atom. The smallest absolute Gasteiger partial charge is 0.181 e. The Morgan fingerprint density at radius 2 is 1.74 bits per heavy atom. The summed E-state index contributed by atoms with van der Waals surface area (Å²) in [4.78, 5) is 3.53. The minimum atomic E-state index is -3.25. The summed E-state index contributed by atoms with van der Waals surface area (Å²) < 4.78 is 39.1. The Balaban J connectivity index is 1.34. The van der Waals surface area contributed by atoms with Crippen molar-refractivity contribution in [3.05, 3.63) is 54.3 Å². The maximum Gasteiger partial charge on any atom is 0.181 e. The van der Waals surface area contributed by atoms with Crippen LogP contribution in [0.25, 0.3) is 0 Å². The molecule has 0 aromatic heterocycles. The van der Waals surface area contributed by atoms with E-state index in [9.17, 15) is 17.9 Å². The molecule has 1 N–H and O–H groups in total. The van der Waals surface area contributed by atoms with E-state index in [2.05, 4.69) is 4.90 Å². The highest BCUT2D eigenvalue weighted by molar-refractivity contribution is 7.99. The van der Waals surface area contributed by atoms with Gasteiger partial charge in [-0.15, -0.1) is 11.8 Å². The summed E-state index contributed by atoms with van der Waals surface area (Å²) in [6.07, 6.45) is 1.44. The third kappa shape index (κ3) is 3.86. The molecule has 144 valence electrons. The van der Waals surface area contributed by atoms with E-state index in [0.29, 0.717) is 16.7 Å². The minimum absolute atomic E-state index is 0.282. The van der Waals surface area contributed by atoms with Gasteiger partial charge in [0, 0.05) is 23.9 Å². The zero-order valence-electron chi connectivity index (χ0n) is 14.8. The normalized spacial score (nSPS) is 25.6. The zero-order chi connectivity index (χ0) is 19.0. The van der Waals surface area contributed by atoms with Crippen LogP contribution in [0.1, 0.15) is 12.8 Å². The van der Waals surface area contributed by atoms with Crippen molar-refractivity contribution in [2.75, 3.05) is 19.0 Å². The van der Waals surface area contributed by atoms with Crippen LogP contribution in [0, 0.1) is 17.7 Å². The van der Waals surface area contributed by atoms with E-state index in [1.165, 1.54) is 23.9 Å². The van der Waals surface area contributed by atoms with Crippen molar-refractivity contribution < 1.29 is 17.9 Å². The Bertz CT molecular complexity index is 906. The number of nitrogens with zero attached hydrogens (tertiary/aromatic N) is 1.